The first-order chi connectivity index (χ1) is 14.4. The van der Waals surface area contributed by atoms with E-state index in [0.29, 0.717) is 6.07 Å². The Kier molecular flexibility index (Phi) is 7.62. The minimum atomic E-state index is -0.810. The van der Waals surface area contributed by atoms with E-state index in [0.717, 1.165) is 31.7 Å². The SMILES string of the molecule is O=C(NCc1cc(Cl)c(F)cc1F)NC1CC1.O=c1nccc(N2CCCCC2)[nH]1. The fourth-order valence-electron chi connectivity index (χ4n) is 3.02. The third-order valence-electron chi connectivity index (χ3n) is 4.80. The van der Waals surface area contributed by atoms with Gasteiger partial charge in [0, 0.05) is 43.5 Å². The van der Waals surface area contributed by atoms with Gasteiger partial charge in [-0.15, -0.1) is 0 Å². The van der Waals surface area contributed by atoms with Crippen LogP contribution in [-0.2, 0) is 6.54 Å². The smallest absolute Gasteiger partial charge is 0.346 e. The van der Waals surface area contributed by atoms with Crippen LogP contribution in [-0.4, -0.2) is 35.1 Å². The molecule has 3 N–H and O–H groups in total. The van der Waals surface area contributed by atoms with Gasteiger partial charge >= 0.3 is 11.7 Å². The summed E-state index contributed by atoms with van der Waals surface area (Å²) in [6.07, 6.45) is 7.23. The van der Waals surface area contributed by atoms with E-state index in [1.165, 1.54) is 25.3 Å². The molecule has 2 amide bonds. The van der Waals surface area contributed by atoms with Crippen molar-refractivity contribution in [2.24, 2.45) is 0 Å². The first kappa shape index (κ1) is 22.0. The monoisotopic (exact) mass is 439 g/mol. The van der Waals surface area contributed by atoms with Crippen molar-refractivity contribution in [3.8, 4) is 0 Å². The minimum absolute atomic E-state index is 0.0234. The van der Waals surface area contributed by atoms with Crippen molar-refractivity contribution in [3.63, 3.8) is 0 Å². The summed E-state index contributed by atoms with van der Waals surface area (Å²) in [7, 11) is 0. The largest absolute Gasteiger partial charge is 0.358 e. The number of anilines is 1. The summed E-state index contributed by atoms with van der Waals surface area (Å²) in [6.45, 7) is 2.06. The Morgan fingerprint density at radius 3 is 2.60 bits per heavy atom. The number of amides is 2. The highest BCUT2D eigenvalue weighted by molar-refractivity contribution is 6.30. The maximum Gasteiger partial charge on any atom is 0.346 e. The molecule has 0 unspecified atom stereocenters. The zero-order valence-electron chi connectivity index (χ0n) is 16.4. The summed E-state index contributed by atoms with van der Waals surface area (Å²) >= 11 is 5.53. The van der Waals surface area contributed by atoms with Crippen LogP contribution in [0.2, 0.25) is 5.02 Å². The molecule has 1 aliphatic carbocycles. The lowest BCUT2D eigenvalue weighted by Gasteiger charge is -2.27. The molecule has 1 saturated carbocycles. The highest BCUT2D eigenvalue weighted by Gasteiger charge is 2.23. The van der Waals surface area contributed by atoms with Gasteiger partial charge in [-0.3, -0.25) is 4.98 Å². The lowest BCUT2D eigenvalue weighted by atomic mass is 10.1. The number of urea groups is 1. The summed E-state index contributed by atoms with van der Waals surface area (Å²) in [5.74, 6) is -0.631. The maximum absolute atomic E-state index is 13.3. The summed E-state index contributed by atoms with van der Waals surface area (Å²) < 4.78 is 26.2. The molecule has 2 aromatic rings. The Hall–Kier alpha value is -2.68. The van der Waals surface area contributed by atoms with E-state index in [-0.39, 0.29) is 34.9 Å². The highest BCUT2D eigenvalue weighted by atomic mass is 35.5. The molecule has 2 fully saturated rings. The van der Waals surface area contributed by atoms with Crippen molar-refractivity contribution in [1.29, 1.82) is 0 Å². The van der Waals surface area contributed by atoms with Crippen LogP contribution < -0.4 is 21.2 Å². The van der Waals surface area contributed by atoms with E-state index in [4.69, 9.17) is 11.6 Å². The molecular weight excluding hydrogens is 416 g/mol. The molecule has 0 atom stereocenters. The average Bonchev–Trinajstić information content (AvgIpc) is 3.55. The predicted molar refractivity (Wildman–Crippen MR) is 111 cm³/mol. The van der Waals surface area contributed by atoms with Crippen LogP contribution in [0.25, 0.3) is 0 Å². The van der Waals surface area contributed by atoms with Crippen molar-refractivity contribution in [1.82, 2.24) is 20.6 Å². The fourth-order valence-corrected chi connectivity index (χ4v) is 3.20. The summed E-state index contributed by atoms with van der Waals surface area (Å²) in [4.78, 5) is 30.8. The molecular formula is C20H24ClF2N5O2. The number of aromatic amines is 1. The topological polar surface area (TPSA) is 90.1 Å². The van der Waals surface area contributed by atoms with E-state index >= 15 is 0 Å². The van der Waals surface area contributed by atoms with Gasteiger partial charge in [0.2, 0.25) is 0 Å². The zero-order chi connectivity index (χ0) is 21.5. The number of halogens is 3. The molecule has 1 aromatic carbocycles. The van der Waals surface area contributed by atoms with Gasteiger partial charge in [0.15, 0.2) is 0 Å². The molecule has 4 rings (SSSR count). The van der Waals surface area contributed by atoms with Crippen molar-refractivity contribution in [2.45, 2.75) is 44.7 Å². The van der Waals surface area contributed by atoms with Crippen LogP contribution in [0, 0.1) is 11.6 Å². The van der Waals surface area contributed by atoms with Crippen molar-refractivity contribution < 1.29 is 13.6 Å². The van der Waals surface area contributed by atoms with Crippen LogP contribution in [0.1, 0.15) is 37.7 Å². The Balaban J connectivity index is 0.000000177. The number of H-pyrrole nitrogens is 1. The second kappa shape index (κ2) is 10.4. The second-order valence-corrected chi connectivity index (χ2v) is 7.67. The molecule has 10 heteroatoms. The normalized spacial score (nSPS) is 15.8. The second-order valence-electron chi connectivity index (χ2n) is 7.27. The molecule has 0 bridgehead atoms. The lowest BCUT2D eigenvalue weighted by molar-refractivity contribution is 0.240. The molecule has 30 heavy (non-hydrogen) atoms. The van der Waals surface area contributed by atoms with E-state index in [2.05, 4.69) is 25.5 Å². The molecule has 7 nitrogen and oxygen atoms in total. The zero-order valence-corrected chi connectivity index (χ0v) is 17.1. The quantitative estimate of drug-likeness (QED) is 0.637. The Bertz CT molecular complexity index is 930. The molecule has 0 spiro atoms. The van der Waals surface area contributed by atoms with Crippen molar-refractivity contribution in [3.05, 3.63) is 57.1 Å². The third-order valence-corrected chi connectivity index (χ3v) is 5.09. The number of benzene rings is 1. The predicted octanol–water partition coefficient (Wildman–Crippen LogP) is 3.34. The molecule has 1 saturated heterocycles. The van der Waals surface area contributed by atoms with Crippen LogP contribution >= 0.6 is 11.6 Å². The first-order valence-electron chi connectivity index (χ1n) is 9.90. The minimum Gasteiger partial charge on any atom is -0.358 e. The van der Waals surface area contributed by atoms with Gasteiger partial charge in [0.1, 0.15) is 17.5 Å². The molecule has 0 radical (unpaired) electrons. The Morgan fingerprint density at radius 1 is 1.20 bits per heavy atom. The summed E-state index contributed by atoms with van der Waals surface area (Å²) in [6, 6.07) is 3.61. The number of carbonyl (C=O) groups is 1. The van der Waals surface area contributed by atoms with Gasteiger partial charge in [-0.2, -0.15) is 0 Å². The standard InChI is InChI=1S/C11H11ClF2N2O.C9H13N3O/c12-8-3-6(9(13)4-10(8)14)5-15-11(17)16-7-1-2-7;13-9-10-5-4-8(11-9)12-6-2-1-3-7-12/h3-4,7H,1-2,5H2,(H2,15,16,17);4-5H,1-3,6-7H2,(H,10,11,13). The third kappa shape index (κ3) is 6.69. The highest BCUT2D eigenvalue weighted by Crippen LogP contribution is 2.20. The van der Waals surface area contributed by atoms with Crippen molar-refractivity contribution >= 4 is 23.4 Å². The molecule has 1 aliphatic heterocycles. The van der Waals surface area contributed by atoms with Crippen LogP contribution in [0.3, 0.4) is 0 Å². The number of hydrogen-bond acceptors (Lipinski definition) is 4. The van der Waals surface area contributed by atoms with Crippen LogP contribution in [0.4, 0.5) is 19.4 Å². The summed E-state index contributed by atoms with van der Waals surface area (Å²) in [5.41, 5.74) is -0.106. The number of piperidine rings is 1. The first-order valence-corrected chi connectivity index (χ1v) is 10.3. The number of carbonyl (C=O) groups excluding carboxylic acids is 1. The number of aromatic nitrogens is 2. The Labute approximate surface area is 177 Å². The lowest BCUT2D eigenvalue weighted by Crippen LogP contribution is -2.36. The van der Waals surface area contributed by atoms with Crippen LogP contribution in [0.15, 0.2) is 29.2 Å². The van der Waals surface area contributed by atoms with Gasteiger partial charge in [-0.05, 0) is 44.2 Å². The van der Waals surface area contributed by atoms with E-state index in [1.807, 2.05) is 6.07 Å². The van der Waals surface area contributed by atoms with E-state index in [9.17, 15) is 18.4 Å². The average molecular weight is 440 g/mol. The van der Waals surface area contributed by atoms with E-state index < -0.39 is 11.6 Å². The van der Waals surface area contributed by atoms with Gasteiger partial charge in [-0.1, -0.05) is 11.6 Å². The number of hydrogen-bond donors (Lipinski definition) is 3. The number of nitrogens with zero attached hydrogens (tertiary/aromatic N) is 2. The molecule has 2 aliphatic rings. The molecule has 162 valence electrons. The number of nitrogens with one attached hydrogen (secondary N) is 3. The van der Waals surface area contributed by atoms with E-state index in [1.54, 1.807) is 6.20 Å². The maximum atomic E-state index is 13.3. The van der Waals surface area contributed by atoms with Gasteiger partial charge in [0.05, 0.1) is 5.02 Å². The summed E-state index contributed by atoms with van der Waals surface area (Å²) in [5, 5.41) is 5.02. The number of rotatable bonds is 4. The van der Waals surface area contributed by atoms with Gasteiger partial charge in [-0.25, -0.2) is 23.4 Å². The molecule has 2 heterocycles. The molecule has 1 aromatic heterocycles. The van der Waals surface area contributed by atoms with Crippen molar-refractivity contribution in [2.75, 3.05) is 18.0 Å². The van der Waals surface area contributed by atoms with Gasteiger partial charge < -0.3 is 15.5 Å². The fraction of sp³-hybridized carbons (Fsp3) is 0.450. The van der Waals surface area contributed by atoms with Gasteiger partial charge in [0.25, 0.3) is 0 Å². The Morgan fingerprint density at radius 2 is 1.93 bits per heavy atom. The van der Waals surface area contributed by atoms with Crippen LogP contribution in [0.5, 0.6) is 0 Å².